The van der Waals surface area contributed by atoms with E-state index in [4.69, 9.17) is 4.74 Å². The largest absolute Gasteiger partial charge is 0.491 e. The van der Waals surface area contributed by atoms with E-state index in [1.165, 1.54) is 6.07 Å². The van der Waals surface area contributed by atoms with Crippen LogP contribution in [0.5, 0.6) is 5.75 Å². The average Bonchev–Trinajstić information content (AvgIpc) is 2.17. The Morgan fingerprint density at radius 2 is 2.06 bits per heavy atom. The van der Waals surface area contributed by atoms with Gasteiger partial charge >= 0.3 is 0 Å². The molecule has 0 atom stereocenters. The highest BCUT2D eigenvalue weighted by Crippen LogP contribution is 2.43. The van der Waals surface area contributed by atoms with Gasteiger partial charge in [-0.3, -0.25) is 0 Å². The second-order valence-electron chi connectivity index (χ2n) is 4.69. The topological polar surface area (TPSA) is 29.5 Å². The van der Waals surface area contributed by atoms with Crippen molar-refractivity contribution in [1.29, 1.82) is 0 Å². The Balaban J connectivity index is 2.29. The van der Waals surface area contributed by atoms with Crippen molar-refractivity contribution in [3.8, 4) is 5.75 Å². The minimum atomic E-state index is -0.972. The molecule has 0 unspecified atom stereocenters. The van der Waals surface area contributed by atoms with Crippen LogP contribution in [0.25, 0.3) is 0 Å². The van der Waals surface area contributed by atoms with Gasteiger partial charge in [0.25, 0.3) is 0 Å². The lowest BCUT2D eigenvalue weighted by atomic mass is 9.75. The molecule has 16 heavy (non-hydrogen) atoms. The Morgan fingerprint density at radius 3 is 2.56 bits per heavy atom. The number of halogens is 1. The van der Waals surface area contributed by atoms with Gasteiger partial charge in [0.1, 0.15) is 11.6 Å². The van der Waals surface area contributed by atoms with Crippen LogP contribution in [0.15, 0.2) is 18.2 Å². The molecule has 0 saturated heterocycles. The molecule has 1 aromatic carbocycles. The molecular weight excluding hydrogens is 207 g/mol. The molecule has 1 aliphatic rings. The van der Waals surface area contributed by atoms with E-state index >= 15 is 0 Å². The lowest BCUT2D eigenvalue weighted by Crippen LogP contribution is -2.34. The summed E-state index contributed by atoms with van der Waals surface area (Å²) < 4.78 is 19.1. The van der Waals surface area contributed by atoms with E-state index in [0.29, 0.717) is 24.2 Å². The van der Waals surface area contributed by atoms with E-state index in [1.54, 1.807) is 12.1 Å². The van der Waals surface area contributed by atoms with E-state index in [1.807, 2.05) is 13.8 Å². The highest BCUT2D eigenvalue weighted by Gasteiger charge is 2.38. The maximum absolute atomic E-state index is 13.6. The Labute approximate surface area is 95.1 Å². The number of rotatable bonds is 3. The zero-order valence-corrected chi connectivity index (χ0v) is 9.66. The quantitative estimate of drug-likeness (QED) is 0.855. The second kappa shape index (κ2) is 4.06. The fourth-order valence-corrected chi connectivity index (χ4v) is 1.99. The Bertz CT molecular complexity index is 384. The van der Waals surface area contributed by atoms with Gasteiger partial charge in [0, 0.05) is 5.56 Å². The van der Waals surface area contributed by atoms with Crippen LogP contribution >= 0.6 is 0 Å². The van der Waals surface area contributed by atoms with Gasteiger partial charge in [-0.25, -0.2) is 4.39 Å². The Kier molecular flexibility index (Phi) is 2.89. The van der Waals surface area contributed by atoms with E-state index in [0.717, 1.165) is 6.42 Å². The first-order valence-corrected chi connectivity index (χ1v) is 5.70. The van der Waals surface area contributed by atoms with Crippen LogP contribution < -0.4 is 4.74 Å². The third kappa shape index (κ3) is 2.05. The van der Waals surface area contributed by atoms with Crippen LogP contribution in [0.2, 0.25) is 0 Å². The molecule has 3 heteroatoms. The highest BCUT2D eigenvalue weighted by molar-refractivity contribution is 5.35. The van der Waals surface area contributed by atoms with E-state index in [2.05, 4.69) is 0 Å². The van der Waals surface area contributed by atoms with Crippen LogP contribution in [0.4, 0.5) is 4.39 Å². The van der Waals surface area contributed by atoms with Crippen molar-refractivity contribution in [1.82, 2.24) is 0 Å². The predicted octanol–water partition coefficient (Wildman–Crippen LogP) is 2.98. The number of ether oxygens (including phenoxy) is 1. The number of benzene rings is 1. The molecule has 0 aliphatic heterocycles. The Hall–Kier alpha value is -1.09. The lowest BCUT2D eigenvalue weighted by molar-refractivity contribution is -0.0418. The summed E-state index contributed by atoms with van der Waals surface area (Å²) in [6.45, 7) is 3.84. The van der Waals surface area contributed by atoms with E-state index in [9.17, 15) is 9.50 Å². The van der Waals surface area contributed by atoms with Crippen molar-refractivity contribution in [2.75, 3.05) is 0 Å². The monoisotopic (exact) mass is 224 g/mol. The van der Waals surface area contributed by atoms with Gasteiger partial charge in [0.15, 0.2) is 0 Å². The van der Waals surface area contributed by atoms with Crippen LogP contribution in [0.1, 0.15) is 38.7 Å². The number of hydrogen-bond donors (Lipinski definition) is 1. The molecule has 1 saturated carbocycles. The molecule has 0 radical (unpaired) electrons. The van der Waals surface area contributed by atoms with Crippen molar-refractivity contribution >= 4 is 0 Å². The van der Waals surface area contributed by atoms with Gasteiger partial charge in [0.2, 0.25) is 0 Å². The summed E-state index contributed by atoms with van der Waals surface area (Å²) in [5, 5.41) is 10.1. The van der Waals surface area contributed by atoms with Gasteiger partial charge in [-0.15, -0.1) is 0 Å². The second-order valence-corrected chi connectivity index (χ2v) is 4.69. The summed E-state index contributed by atoms with van der Waals surface area (Å²) in [4.78, 5) is 0. The molecule has 0 amide bonds. The zero-order chi connectivity index (χ0) is 11.8. The van der Waals surface area contributed by atoms with Crippen molar-refractivity contribution in [3.05, 3.63) is 29.6 Å². The minimum Gasteiger partial charge on any atom is -0.491 e. The third-order valence-electron chi connectivity index (χ3n) is 2.99. The van der Waals surface area contributed by atoms with Crippen LogP contribution in [-0.4, -0.2) is 11.2 Å². The van der Waals surface area contributed by atoms with Gasteiger partial charge in [-0.05, 0) is 51.3 Å². The molecule has 1 aliphatic carbocycles. The third-order valence-corrected chi connectivity index (χ3v) is 2.99. The van der Waals surface area contributed by atoms with Gasteiger partial charge in [0.05, 0.1) is 11.7 Å². The maximum Gasteiger partial charge on any atom is 0.129 e. The first kappa shape index (κ1) is 11.4. The molecule has 1 N–H and O–H groups in total. The molecule has 2 nitrogen and oxygen atoms in total. The van der Waals surface area contributed by atoms with Crippen LogP contribution in [0.3, 0.4) is 0 Å². The fraction of sp³-hybridized carbons (Fsp3) is 0.538. The van der Waals surface area contributed by atoms with Gasteiger partial charge in [-0.1, -0.05) is 0 Å². The molecule has 1 aromatic rings. The molecule has 0 heterocycles. The van der Waals surface area contributed by atoms with Gasteiger partial charge in [-0.2, -0.15) is 0 Å². The standard InChI is InChI=1S/C13H17FO2/c1-9(2)16-10-4-5-12(14)11(8-10)13(15)6-3-7-13/h4-5,8-9,15H,3,6-7H2,1-2H3. The van der Waals surface area contributed by atoms with Crippen molar-refractivity contribution < 1.29 is 14.2 Å². The summed E-state index contributed by atoms with van der Waals surface area (Å²) in [5.41, 5.74) is -0.600. The zero-order valence-electron chi connectivity index (χ0n) is 9.66. The normalized spacial score (nSPS) is 18.3. The summed E-state index contributed by atoms with van der Waals surface area (Å²) in [5.74, 6) is 0.269. The summed E-state index contributed by atoms with van der Waals surface area (Å²) in [7, 11) is 0. The number of hydrogen-bond acceptors (Lipinski definition) is 2. The SMILES string of the molecule is CC(C)Oc1ccc(F)c(C2(O)CCC2)c1. The van der Waals surface area contributed by atoms with E-state index < -0.39 is 5.60 Å². The van der Waals surface area contributed by atoms with Crippen LogP contribution in [0, 0.1) is 5.82 Å². The molecule has 0 bridgehead atoms. The Morgan fingerprint density at radius 1 is 1.38 bits per heavy atom. The van der Waals surface area contributed by atoms with Gasteiger partial charge < -0.3 is 9.84 Å². The summed E-state index contributed by atoms with van der Waals surface area (Å²) >= 11 is 0. The molecule has 1 fully saturated rings. The maximum atomic E-state index is 13.6. The van der Waals surface area contributed by atoms with Crippen molar-refractivity contribution in [3.63, 3.8) is 0 Å². The van der Waals surface area contributed by atoms with Crippen molar-refractivity contribution in [2.45, 2.75) is 44.8 Å². The fourth-order valence-electron chi connectivity index (χ4n) is 1.99. The average molecular weight is 224 g/mol. The summed E-state index contributed by atoms with van der Waals surface area (Å²) in [6, 6.07) is 4.58. The van der Waals surface area contributed by atoms with E-state index in [-0.39, 0.29) is 11.9 Å². The molecule has 0 spiro atoms. The predicted molar refractivity (Wildman–Crippen MR) is 59.9 cm³/mol. The molecule has 0 aromatic heterocycles. The van der Waals surface area contributed by atoms with Crippen LogP contribution in [-0.2, 0) is 5.60 Å². The molecule has 2 rings (SSSR count). The number of aliphatic hydroxyl groups is 1. The van der Waals surface area contributed by atoms with Crippen molar-refractivity contribution in [2.24, 2.45) is 0 Å². The minimum absolute atomic E-state index is 0.0503. The smallest absolute Gasteiger partial charge is 0.129 e. The first-order valence-electron chi connectivity index (χ1n) is 5.70. The highest BCUT2D eigenvalue weighted by atomic mass is 19.1. The lowest BCUT2D eigenvalue weighted by Gasteiger charge is -2.37. The summed E-state index contributed by atoms with van der Waals surface area (Å²) in [6.07, 6.45) is 2.27. The molecule has 88 valence electrons. The molecular formula is C13H17FO2. The first-order chi connectivity index (χ1) is 7.51.